The SMILES string of the molecule is Nc1nc2c(S(=O)(=O)Cl)cc(Br)cc2[nH]1. The summed E-state index contributed by atoms with van der Waals surface area (Å²) in [6.45, 7) is 0. The first-order chi connectivity index (χ1) is 6.88. The molecule has 0 aliphatic carbocycles. The van der Waals surface area contributed by atoms with Gasteiger partial charge in [-0.25, -0.2) is 13.4 Å². The van der Waals surface area contributed by atoms with Crippen LogP contribution in [0.5, 0.6) is 0 Å². The van der Waals surface area contributed by atoms with Crippen molar-refractivity contribution in [3.8, 4) is 0 Å². The van der Waals surface area contributed by atoms with Gasteiger partial charge in [-0.15, -0.1) is 0 Å². The molecule has 0 radical (unpaired) electrons. The van der Waals surface area contributed by atoms with Crippen molar-refractivity contribution >= 4 is 52.6 Å². The Morgan fingerprint density at radius 2 is 2.13 bits per heavy atom. The zero-order valence-corrected chi connectivity index (χ0v) is 10.3. The van der Waals surface area contributed by atoms with Gasteiger partial charge in [0.25, 0.3) is 9.05 Å². The van der Waals surface area contributed by atoms with Crippen LogP contribution >= 0.6 is 26.6 Å². The molecule has 0 unspecified atom stereocenters. The zero-order valence-electron chi connectivity index (χ0n) is 7.16. The lowest BCUT2D eigenvalue weighted by Crippen LogP contribution is -1.92. The number of nitrogen functional groups attached to an aromatic ring is 1. The summed E-state index contributed by atoms with van der Waals surface area (Å²) >= 11 is 3.17. The molecule has 0 aliphatic rings. The number of nitrogens with one attached hydrogen (secondary N) is 1. The van der Waals surface area contributed by atoms with Crippen molar-refractivity contribution in [2.45, 2.75) is 4.90 Å². The Labute approximate surface area is 98.2 Å². The van der Waals surface area contributed by atoms with Gasteiger partial charge in [0.15, 0.2) is 5.95 Å². The molecule has 2 aromatic rings. The number of hydrogen-bond donors (Lipinski definition) is 2. The predicted molar refractivity (Wildman–Crippen MR) is 61.2 cm³/mol. The summed E-state index contributed by atoms with van der Waals surface area (Å²) in [6, 6.07) is 3.05. The number of nitrogens with zero attached hydrogens (tertiary/aromatic N) is 1. The topological polar surface area (TPSA) is 88.8 Å². The Kier molecular flexibility index (Phi) is 2.40. The molecule has 0 fully saturated rings. The van der Waals surface area contributed by atoms with Gasteiger partial charge < -0.3 is 10.7 Å². The Morgan fingerprint density at radius 3 is 2.73 bits per heavy atom. The fourth-order valence-corrected chi connectivity index (χ4v) is 2.87. The predicted octanol–water partition coefficient (Wildman–Crippen LogP) is 1.84. The van der Waals surface area contributed by atoms with E-state index in [4.69, 9.17) is 16.4 Å². The van der Waals surface area contributed by atoms with Crippen molar-refractivity contribution in [2.75, 3.05) is 5.73 Å². The average molecular weight is 311 g/mol. The van der Waals surface area contributed by atoms with Crippen LogP contribution in [0.3, 0.4) is 0 Å². The average Bonchev–Trinajstić information content (AvgIpc) is 2.41. The fraction of sp³-hybridized carbons (Fsp3) is 0. The first kappa shape index (κ1) is 10.7. The van der Waals surface area contributed by atoms with E-state index >= 15 is 0 Å². The van der Waals surface area contributed by atoms with E-state index in [1.165, 1.54) is 6.07 Å². The molecule has 5 nitrogen and oxygen atoms in total. The maximum absolute atomic E-state index is 11.3. The van der Waals surface area contributed by atoms with E-state index < -0.39 is 9.05 Å². The third-order valence-corrected chi connectivity index (χ3v) is 3.59. The highest BCUT2D eigenvalue weighted by Gasteiger charge is 2.18. The largest absolute Gasteiger partial charge is 0.369 e. The van der Waals surface area contributed by atoms with Gasteiger partial charge in [0.05, 0.1) is 5.52 Å². The molecular weight excluding hydrogens is 306 g/mol. The molecule has 0 bridgehead atoms. The number of halogens is 2. The second kappa shape index (κ2) is 3.36. The Balaban J connectivity index is 2.94. The van der Waals surface area contributed by atoms with E-state index in [9.17, 15) is 8.42 Å². The first-order valence-electron chi connectivity index (χ1n) is 3.77. The quantitative estimate of drug-likeness (QED) is 0.787. The molecule has 0 spiro atoms. The molecule has 1 heterocycles. The summed E-state index contributed by atoms with van der Waals surface area (Å²) in [5, 5.41) is 0. The van der Waals surface area contributed by atoms with Crippen molar-refractivity contribution in [2.24, 2.45) is 0 Å². The van der Waals surface area contributed by atoms with Crippen molar-refractivity contribution in [3.63, 3.8) is 0 Å². The van der Waals surface area contributed by atoms with Gasteiger partial charge >= 0.3 is 0 Å². The third kappa shape index (κ3) is 1.95. The molecular formula is C7H5BrClN3O2S. The third-order valence-electron chi connectivity index (χ3n) is 1.80. The molecule has 0 atom stereocenters. The normalized spacial score (nSPS) is 12.1. The van der Waals surface area contributed by atoms with E-state index in [0.717, 1.165) is 0 Å². The lowest BCUT2D eigenvalue weighted by atomic mass is 10.3. The van der Waals surface area contributed by atoms with Crippen molar-refractivity contribution in [1.82, 2.24) is 9.97 Å². The Bertz CT molecular complexity index is 637. The Morgan fingerprint density at radius 1 is 1.47 bits per heavy atom. The second-order valence-corrected chi connectivity index (χ2v) is 6.31. The van der Waals surface area contributed by atoms with Crippen LogP contribution in [0.2, 0.25) is 0 Å². The van der Waals surface area contributed by atoms with Gasteiger partial charge in [0.1, 0.15) is 10.4 Å². The fourth-order valence-electron chi connectivity index (χ4n) is 1.26. The molecule has 1 aromatic heterocycles. The highest BCUT2D eigenvalue weighted by atomic mass is 79.9. The minimum atomic E-state index is -3.83. The van der Waals surface area contributed by atoms with Gasteiger partial charge in [-0.2, -0.15) is 0 Å². The van der Waals surface area contributed by atoms with Crippen molar-refractivity contribution in [3.05, 3.63) is 16.6 Å². The molecule has 1 aromatic carbocycles. The van der Waals surface area contributed by atoms with Crippen LogP contribution < -0.4 is 5.73 Å². The lowest BCUT2D eigenvalue weighted by Gasteiger charge is -1.98. The number of hydrogen-bond acceptors (Lipinski definition) is 4. The minimum absolute atomic E-state index is 0.0681. The van der Waals surface area contributed by atoms with E-state index in [0.29, 0.717) is 9.99 Å². The van der Waals surface area contributed by atoms with Crippen molar-refractivity contribution < 1.29 is 8.42 Å². The smallest absolute Gasteiger partial charge is 0.263 e. The molecule has 0 amide bonds. The number of aromatic nitrogens is 2. The standard InChI is InChI=1S/C7H5BrClN3O2S/c8-3-1-4-6(12-7(10)11-4)5(2-3)15(9,13)14/h1-2H,(H3,10,11,12). The molecule has 2 rings (SSSR count). The monoisotopic (exact) mass is 309 g/mol. The first-order valence-corrected chi connectivity index (χ1v) is 6.87. The van der Waals surface area contributed by atoms with E-state index in [2.05, 4.69) is 25.9 Å². The minimum Gasteiger partial charge on any atom is -0.369 e. The number of aromatic amines is 1. The maximum Gasteiger partial charge on any atom is 0.263 e. The van der Waals surface area contributed by atoms with Crippen LogP contribution in [0.25, 0.3) is 11.0 Å². The van der Waals surface area contributed by atoms with Crippen LogP contribution in [-0.4, -0.2) is 18.4 Å². The van der Waals surface area contributed by atoms with Gasteiger partial charge in [0.2, 0.25) is 0 Å². The van der Waals surface area contributed by atoms with Gasteiger partial charge in [-0.3, -0.25) is 0 Å². The highest BCUT2D eigenvalue weighted by molar-refractivity contribution is 9.10. The van der Waals surface area contributed by atoms with Gasteiger partial charge in [-0.05, 0) is 12.1 Å². The highest BCUT2D eigenvalue weighted by Crippen LogP contribution is 2.28. The van der Waals surface area contributed by atoms with Gasteiger partial charge in [-0.1, -0.05) is 15.9 Å². The molecule has 15 heavy (non-hydrogen) atoms. The van der Waals surface area contributed by atoms with Crippen LogP contribution in [0.1, 0.15) is 0 Å². The number of H-pyrrole nitrogens is 1. The van der Waals surface area contributed by atoms with E-state index in [1.54, 1.807) is 6.07 Å². The number of nitrogens with two attached hydrogens (primary N) is 1. The summed E-state index contributed by atoms with van der Waals surface area (Å²) in [5.41, 5.74) is 6.19. The van der Waals surface area contributed by atoms with Crippen molar-refractivity contribution in [1.29, 1.82) is 0 Å². The van der Waals surface area contributed by atoms with Crippen LogP contribution in [0.4, 0.5) is 5.95 Å². The maximum atomic E-state index is 11.3. The summed E-state index contributed by atoms with van der Waals surface area (Å²) in [4.78, 5) is 6.52. The molecule has 8 heteroatoms. The molecule has 0 aliphatic heterocycles. The zero-order chi connectivity index (χ0) is 11.2. The number of rotatable bonds is 1. The molecule has 80 valence electrons. The molecule has 0 saturated heterocycles. The second-order valence-electron chi connectivity index (χ2n) is 2.86. The summed E-state index contributed by atoms with van der Waals surface area (Å²) < 4.78 is 23.1. The number of benzene rings is 1. The summed E-state index contributed by atoms with van der Waals surface area (Å²) in [6.07, 6.45) is 0. The molecule has 3 N–H and O–H groups in total. The van der Waals surface area contributed by atoms with Crippen LogP contribution in [0, 0.1) is 0 Å². The number of fused-ring (bicyclic) bond motifs is 1. The number of imidazole rings is 1. The number of anilines is 1. The molecule has 0 saturated carbocycles. The van der Waals surface area contributed by atoms with E-state index in [1.807, 2.05) is 0 Å². The summed E-state index contributed by atoms with van der Waals surface area (Å²) in [7, 11) is 1.44. The van der Waals surface area contributed by atoms with E-state index in [-0.39, 0.29) is 16.4 Å². The van der Waals surface area contributed by atoms with Crippen LogP contribution in [-0.2, 0) is 9.05 Å². The van der Waals surface area contributed by atoms with Crippen LogP contribution in [0.15, 0.2) is 21.5 Å². The Hall–Kier alpha value is -0.790. The lowest BCUT2D eigenvalue weighted by molar-refractivity contribution is 0.610. The summed E-state index contributed by atoms with van der Waals surface area (Å²) in [5.74, 6) is 0.143. The van der Waals surface area contributed by atoms with Gasteiger partial charge in [0, 0.05) is 15.2 Å².